The van der Waals surface area contributed by atoms with Gasteiger partial charge in [-0.15, -0.1) is 11.3 Å². The number of benzene rings is 1. The molecule has 36 heavy (non-hydrogen) atoms. The molecular weight excluding hydrogens is 478 g/mol. The Balaban J connectivity index is 1.94. The summed E-state index contributed by atoms with van der Waals surface area (Å²) >= 11 is 1.77. The number of thiophene rings is 1. The van der Waals surface area contributed by atoms with Crippen LogP contribution in [0, 0.1) is 6.92 Å². The molecule has 8 nitrogen and oxygen atoms in total. The molecule has 1 amide bonds. The number of nitrogens with two attached hydrogens (primary N) is 1. The normalized spacial score (nSPS) is 11.2. The van der Waals surface area contributed by atoms with Crippen LogP contribution in [-0.2, 0) is 28.8 Å². The van der Waals surface area contributed by atoms with Gasteiger partial charge in [0.15, 0.2) is 6.79 Å². The predicted octanol–water partition coefficient (Wildman–Crippen LogP) is 4.06. The molecule has 3 aromatic heterocycles. The van der Waals surface area contributed by atoms with Crippen molar-refractivity contribution in [2.24, 2.45) is 5.73 Å². The number of nitrogens with zero attached hydrogens (tertiary/aromatic N) is 2. The first-order valence-electron chi connectivity index (χ1n) is 11.7. The van der Waals surface area contributed by atoms with Gasteiger partial charge in [-0.05, 0) is 48.6 Å². The number of hydrogen-bond donors (Lipinski definition) is 2. The summed E-state index contributed by atoms with van der Waals surface area (Å²) in [5.41, 5.74) is 10.4. The second-order valence-corrected chi connectivity index (χ2v) is 9.47. The van der Waals surface area contributed by atoms with E-state index >= 15 is 0 Å². The molecule has 188 valence electrons. The maximum atomic E-state index is 13.1. The fourth-order valence-electron chi connectivity index (χ4n) is 4.45. The summed E-state index contributed by atoms with van der Waals surface area (Å²) < 4.78 is 12.5. The number of hydrogen-bond acceptors (Lipinski definition) is 7. The van der Waals surface area contributed by atoms with E-state index in [9.17, 15) is 9.59 Å². The highest BCUT2D eigenvalue weighted by Gasteiger charge is 2.29. The number of aliphatic hydroxyl groups is 1. The first-order valence-corrected chi connectivity index (χ1v) is 12.6. The molecule has 0 saturated heterocycles. The van der Waals surface area contributed by atoms with E-state index in [1.165, 1.54) is 9.75 Å². The van der Waals surface area contributed by atoms with Gasteiger partial charge in [-0.1, -0.05) is 38.1 Å². The summed E-state index contributed by atoms with van der Waals surface area (Å²) in [6.07, 6.45) is 3.81. The Hall–Kier alpha value is -3.53. The van der Waals surface area contributed by atoms with Gasteiger partial charge in [0, 0.05) is 28.1 Å². The minimum Gasteiger partial charge on any atom is -0.449 e. The summed E-state index contributed by atoms with van der Waals surface area (Å²) in [6.45, 7) is 5.10. The van der Waals surface area contributed by atoms with Crippen molar-refractivity contribution >= 4 is 28.5 Å². The van der Waals surface area contributed by atoms with E-state index in [4.69, 9.17) is 20.3 Å². The molecule has 1 aromatic carbocycles. The van der Waals surface area contributed by atoms with Crippen LogP contribution in [-0.4, -0.2) is 39.8 Å². The fraction of sp³-hybridized carbons (Fsp3) is 0.296. The molecule has 3 heterocycles. The van der Waals surface area contributed by atoms with E-state index in [0.29, 0.717) is 29.6 Å². The lowest BCUT2D eigenvalue weighted by molar-refractivity contribution is -0.114. The van der Waals surface area contributed by atoms with Gasteiger partial charge in [0.1, 0.15) is 12.3 Å². The van der Waals surface area contributed by atoms with Crippen LogP contribution in [0.2, 0.25) is 0 Å². The van der Waals surface area contributed by atoms with Crippen LogP contribution in [0.1, 0.15) is 51.6 Å². The van der Waals surface area contributed by atoms with Gasteiger partial charge in [0.05, 0.1) is 11.3 Å². The number of aryl methyl sites for hydroxylation is 2. The molecule has 0 aliphatic rings. The van der Waals surface area contributed by atoms with Gasteiger partial charge in [0.25, 0.3) is 11.7 Å². The molecule has 0 fully saturated rings. The van der Waals surface area contributed by atoms with Crippen LogP contribution in [0.4, 0.5) is 0 Å². The van der Waals surface area contributed by atoms with Crippen LogP contribution < -0.4 is 10.5 Å². The van der Waals surface area contributed by atoms with Crippen LogP contribution in [0.25, 0.3) is 16.0 Å². The number of aliphatic hydroxyl groups excluding tert-OH is 1. The van der Waals surface area contributed by atoms with E-state index in [2.05, 4.69) is 36.2 Å². The van der Waals surface area contributed by atoms with Crippen LogP contribution >= 0.6 is 11.3 Å². The zero-order chi connectivity index (χ0) is 25.8. The van der Waals surface area contributed by atoms with E-state index in [0.717, 1.165) is 23.2 Å². The molecule has 0 aliphatic heterocycles. The number of carbonyl (C=O) groups excluding carboxylic acids is 2. The van der Waals surface area contributed by atoms with Crippen LogP contribution in [0.5, 0.6) is 5.88 Å². The van der Waals surface area contributed by atoms with Crippen LogP contribution in [0.3, 0.4) is 0 Å². The van der Waals surface area contributed by atoms with E-state index in [-0.39, 0.29) is 18.2 Å². The van der Waals surface area contributed by atoms with Crippen molar-refractivity contribution in [2.45, 2.75) is 40.0 Å². The Morgan fingerprint density at radius 2 is 1.92 bits per heavy atom. The summed E-state index contributed by atoms with van der Waals surface area (Å²) in [5.74, 6) is -1.71. The number of ketones is 1. The molecular formula is C27H29N3O5S. The number of Topliss-reactive ketones (excluding diaryl/α,β-unsaturated/α-hetero) is 1. The molecule has 0 bridgehead atoms. The lowest BCUT2D eigenvalue weighted by Crippen LogP contribution is -2.24. The quantitative estimate of drug-likeness (QED) is 0.137. The van der Waals surface area contributed by atoms with Crippen molar-refractivity contribution in [1.82, 2.24) is 9.38 Å². The van der Waals surface area contributed by atoms with Gasteiger partial charge >= 0.3 is 0 Å². The van der Waals surface area contributed by atoms with Gasteiger partial charge in [-0.3, -0.25) is 9.59 Å². The van der Waals surface area contributed by atoms with Crippen molar-refractivity contribution in [3.63, 3.8) is 0 Å². The third-order valence-corrected chi connectivity index (χ3v) is 7.30. The van der Waals surface area contributed by atoms with Gasteiger partial charge in [-0.25, -0.2) is 4.98 Å². The highest BCUT2D eigenvalue weighted by Crippen LogP contribution is 2.36. The summed E-state index contributed by atoms with van der Waals surface area (Å²) in [5, 5.41) is 8.97. The topological polar surface area (TPSA) is 116 Å². The van der Waals surface area contributed by atoms with Crippen molar-refractivity contribution < 1.29 is 24.2 Å². The molecule has 0 saturated carbocycles. The minimum atomic E-state index is -1.05. The molecule has 4 aromatic rings. The first-order chi connectivity index (χ1) is 17.4. The number of rotatable bonds is 11. The minimum absolute atomic E-state index is 0.133. The van der Waals surface area contributed by atoms with E-state index in [1.54, 1.807) is 11.3 Å². The van der Waals surface area contributed by atoms with E-state index < -0.39 is 18.5 Å². The summed E-state index contributed by atoms with van der Waals surface area (Å²) in [6, 6.07) is 12.5. The number of aromatic nitrogens is 2. The van der Waals surface area contributed by atoms with Crippen molar-refractivity contribution in [3.05, 3.63) is 75.6 Å². The molecule has 0 aliphatic carbocycles. The molecule has 4 rings (SSSR count). The second-order valence-electron chi connectivity index (χ2n) is 8.30. The zero-order valence-corrected chi connectivity index (χ0v) is 21.4. The molecule has 9 heteroatoms. The molecule has 0 radical (unpaired) electrons. The Morgan fingerprint density at radius 1 is 1.14 bits per heavy atom. The Bertz CT molecular complexity index is 1420. The lowest BCUT2D eigenvalue weighted by Gasteiger charge is -2.12. The van der Waals surface area contributed by atoms with Crippen LogP contribution in [0.15, 0.2) is 42.6 Å². The van der Waals surface area contributed by atoms with Gasteiger partial charge in [-0.2, -0.15) is 0 Å². The van der Waals surface area contributed by atoms with Crippen molar-refractivity contribution in [2.75, 3.05) is 13.6 Å². The standard InChI is InChI=1S/C27H29N3O5S/c1-4-18-10-11-22(36-18)20-9-7-6-8-17(20)12-21-19(5-2)23(25(32)26(28)33)24-27(35-15-34-14-31)29-16(3)13-30(21)24/h6-11,13,31H,4-5,12,14-15H2,1-3H3,(H2,28,33). The molecule has 0 atom stereocenters. The second kappa shape index (κ2) is 11.0. The number of amides is 1. The monoisotopic (exact) mass is 507 g/mol. The Kier molecular flexibility index (Phi) is 7.83. The summed E-state index contributed by atoms with van der Waals surface area (Å²) in [4.78, 5) is 32.0. The largest absolute Gasteiger partial charge is 0.449 e. The fourth-order valence-corrected chi connectivity index (χ4v) is 5.46. The van der Waals surface area contributed by atoms with Crippen molar-refractivity contribution in [3.8, 4) is 16.3 Å². The third kappa shape index (κ3) is 4.90. The molecule has 0 spiro atoms. The SMILES string of the molecule is CCc1ccc(-c2ccccc2Cc2c(CC)c(C(=O)C(N)=O)c3c(OCOCO)nc(C)cn23)s1. The highest BCUT2D eigenvalue weighted by molar-refractivity contribution is 7.15. The molecule has 3 N–H and O–H groups in total. The van der Waals surface area contributed by atoms with Crippen molar-refractivity contribution in [1.29, 1.82) is 0 Å². The molecule has 0 unspecified atom stereocenters. The first kappa shape index (κ1) is 25.6. The Morgan fingerprint density at radius 3 is 2.58 bits per heavy atom. The predicted molar refractivity (Wildman–Crippen MR) is 138 cm³/mol. The lowest BCUT2D eigenvalue weighted by atomic mass is 9.96. The highest BCUT2D eigenvalue weighted by atomic mass is 32.1. The maximum absolute atomic E-state index is 13.1. The van der Waals surface area contributed by atoms with Gasteiger partial charge < -0.3 is 24.7 Å². The Labute approximate surface area is 213 Å². The van der Waals surface area contributed by atoms with E-state index in [1.807, 2.05) is 36.6 Å². The number of fused-ring (bicyclic) bond motifs is 1. The average molecular weight is 508 g/mol. The number of carbonyl (C=O) groups is 2. The third-order valence-electron chi connectivity index (χ3n) is 6.04. The maximum Gasteiger partial charge on any atom is 0.289 e. The number of ether oxygens (including phenoxy) is 2. The zero-order valence-electron chi connectivity index (χ0n) is 20.5. The number of primary amides is 1. The van der Waals surface area contributed by atoms with Gasteiger partial charge in [0.2, 0.25) is 5.88 Å². The average Bonchev–Trinajstić information content (AvgIpc) is 3.47. The summed E-state index contributed by atoms with van der Waals surface area (Å²) in [7, 11) is 0. The smallest absolute Gasteiger partial charge is 0.289 e.